The molecule has 5 nitrogen and oxygen atoms in total. The third-order valence-corrected chi connectivity index (χ3v) is 3.57. The molecule has 2 aromatic carbocycles. The van der Waals surface area contributed by atoms with Gasteiger partial charge >= 0.3 is 0 Å². The summed E-state index contributed by atoms with van der Waals surface area (Å²) >= 11 is 0. The number of phenols is 1. The fourth-order valence-electron chi connectivity index (χ4n) is 1.82. The molecule has 0 saturated carbocycles. The number of nitrogens with two attached hydrogens (primary N) is 1. The van der Waals surface area contributed by atoms with E-state index in [1.807, 2.05) is 0 Å². The second-order valence-corrected chi connectivity index (χ2v) is 6.26. The minimum Gasteiger partial charge on any atom is -0.505 e. The van der Waals surface area contributed by atoms with Gasteiger partial charge in [0, 0.05) is 12.2 Å². The first-order chi connectivity index (χ1) is 9.83. The van der Waals surface area contributed by atoms with Crippen molar-refractivity contribution in [2.24, 2.45) is 5.14 Å². The lowest BCUT2D eigenvalue weighted by molar-refractivity contribution is 0.432. The summed E-state index contributed by atoms with van der Waals surface area (Å²) < 4.78 is 35.1. The van der Waals surface area contributed by atoms with Crippen LogP contribution in [0.5, 0.6) is 5.75 Å². The average molecular weight is 310 g/mol. The number of rotatable bonds is 5. The van der Waals surface area contributed by atoms with E-state index in [-0.39, 0.29) is 11.5 Å². The molecule has 0 radical (unpaired) electrons. The van der Waals surface area contributed by atoms with Gasteiger partial charge in [-0.1, -0.05) is 18.2 Å². The highest BCUT2D eigenvalue weighted by atomic mass is 32.2. The lowest BCUT2D eigenvalue weighted by Gasteiger charge is -2.08. The summed E-state index contributed by atoms with van der Waals surface area (Å²) in [7, 11) is -3.54. The molecule has 0 fully saturated rings. The van der Waals surface area contributed by atoms with Crippen molar-refractivity contribution in [1.29, 1.82) is 0 Å². The Morgan fingerprint density at radius 1 is 1.10 bits per heavy atom. The van der Waals surface area contributed by atoms with Gasteiger partial charge in [-0.05, 0) is 35.4 Å². The summed E-state index contributed by atoms with van der Waals surface area (Å²) in [6, 6.07) is 10.9. The van der Waals surface area contributed by atoms with Crippen molar-refractivity contribution in [3.05, 3.63) is 59.4 Å². The summed E-state index contributed by atoms with van der Waals surface area (Å²) in [6.45, 7) is 0.381. The van der Waals surface area contributed by atoms with Crippen molar-refractivity contribution in [1.82, 2.24) is 0 Å². The fraction of sp³-hybridized carbons (Fsp3) is 0.143. The number of halogens is 1. The molecular weight excluding hydrogens is 295 g/mol. The van der Waals surface area contributed by atoms with E-state index in [4.69, 9.17) is 10.2 Å². The maximum atomic E-state index is 13.2. The molecule has 0 amide bonds. The summed E-state index contributed by atoms with van der Waals surface area (Å²) in [5.41, 5.74) is 2.04. The second-order valence-electron chi connectivity index (χ2n) is 4.64. The maximum absolute atomic E-state index is 13.2. The van der Waals surface area contributed by atoms with Crippen LogP contribution in [0.25, 0.3) is 0 Å². The standard InChI is InChI=1S/C14H15FN2O3S/c15-13-7-11(3-6-14(13)18)8-17-12-4-1-10(2-5-12)9-21(16,19)20/h1-7,17-18H,8-9H2,(H2,16,19,20). The van der Waals surface area contributed by atoms with Crippen LogP contribution in [0.3, 0.4) is 0 Å². The number of nitrogens with one attached hydrogen (secondary N) is 1. The van der Waals surface area contributed by atoms with Gasteiger partial charge in [0.15, 0.2) is 11.6 Å². The highest BCUT2D eigenvalue weighted by Gasteiger charge is 2.05. The van der Waals surface area contributed by atoms with E-state index in [0.717, 1.165) is 5.69 Å². The average Bonchev–Trinajstić information content (AvgIpc) is 2.40. The zero-order valence-electron chi connectivity index (χ0n) is 11.1. The van der Waals surface area contributed by atoms with Crippen LogP contribution in [0.4, 0.5) is 10.1 Å². The Balaban J connectivity index is 1.99. The lowest BCUT2D eigenvalue weighted by Crippen LogP contribution is -2.14. The van der Waals surface area contributed by atoms with E-state index in [9.17, 15) is 12.8 Å². The molecular formula is C14H15FN2O3S. The van der Waals surface area contributed by atoms with Gasteiger partial charge in [-0.2, -0.15) is 0 Å². The molecule has 21 heavy (non-hydrogen) atoms. The fourth-order valence-corrected chi connectivity index (χ4v) is 2.47. The van der Waals surface area contributed by atoms with Gasteiger partial charge in [0.25, 0.3) is 0 Å². The van der Waals surface area contributed by atoms with E-state index >= 15 is 0 Å². The number of hydrogen-bond donors (Lipinski definition) is 3. The van der Waals surface area contributed by atoms with Gasteiger partial charge in [-0.15, -0.1) is 0 Å². The first-order valence-corrected chi connectivity index (χ1v) is 7.86. The predicted molar refractivity (Wildman–Crippen MR) is 78.6 cm³/mol. The van der Waals surface area contributed by atoms with E-state index in [1.54, 1.807) is 30.3 Å². The Kier molecular flexibility index (Phi) is 4.44. The Morgan fingerprint density at radius 3 is 2.29 bits per heavy atom. The Morgan fingerprint density at radius 2 is 1.71 bits per heavy atom. The van der Waals surface area contributed by atoms with Gasteiger partial charge in [0.2, 0.25) is 10.0 Å². The highest BCUT2D eigenvalue weighted by Crippen LogP contribution is 2.17. The largest absolute Gasteiger partial charge is 0.505 e. The van der Waals surface area contributed by atoms with Crippen molar-refractivity contribution in [3.8, 4) is 5.75 Å². The smallest absolute Gasteiger partial charge is 0.213 e. The van der Waals surface area contributed by atoms with Crippen molar-refractivity contribution in [2.75, 3.05) is 5.32 Å². The van der Waals surface area contributed by atoms with Crippen LogP contribution in [-0.2, 0) is 22.3 Å². The topological polar surface area (TPSA) is 92.4 Å². The van der Waals surface area contributed by atoms with Gasteiger partial charge in [-0.25, -0.2) is 17.9 Å². The van der Waals surface area contributed by atoms with E-state index in [0.29, 0.717) is 17.7 Å². The molecule has 2 rings (SSSR count). The molecule has 4 N–H and O–H groups in total. The number of anilines is 1. The minimum absolute atomic E-state index is 0.212. The van der Waals surface area contributed by atoms with Crippen LogP contribution in [0.2, 0.25) is 0 Å². The van der Waals surface area contributed by atoms with Gasteiger partial charge in [0.1, 0.15) is 0 Å². The Labute approximate surface area is 122 Å². The SMILES string of the molecule is NS(=O)(=O)Cc1ccc(NCc2ccc(O)c(F)c2)cc1. The second kappa shape index (κ2) is 6.11. The first-order valence-electron chi connectivity index (χ1n) is 6.14. The number of sulfonamides is 1. The maximum Gasteiger partial charge on any atom is 0.213 e. The number of aromatic hydroxyl groups is 1. The zero-order chi connectivity index (χ0) is 15.5. The van der Waals surface area contributed by atoms with Crippen molar-refractivity contribution < 1.29 is 17.9 Å². The summed E-state index contributed by atoms with van der Waals surface area (Å²) in [5, 5.41) is 17.1. The van der Waals surface area contributed by atoms with Gasteiger partial charge in [0.05, 0.1) is 5.75 Å². The first kappa shape index (κ1) is 15.3. The molecule has 0 atom stereocenters. The van der Waals surface area contributed by atoms with Crippen LogP contribution in [0.15, 0.2) is 42.5 Å². The van der Waals surface area contributed by atoms with Crippen LogP contribution in [0.1, 0.15) is 11.1 Å². The van der Waals surface area contributed by atoms with E-state index < -0.39 is 15.8 Å². The molecule has 7 heteroatoms. The molecule has 0 aliphatic heterocycles. The third kappa shape index (κ3) is 4.73. The van der Waals surface area contributed by atoms with Crippen LogP contribution in [0, 0.1) is 5.82 Å². The molecule has 0 aliphatic rings. The van der Waals surface area contributed by atoms with E-state index in [1.165, 1.54) is 12.1 Å². The molecule has 0 heterocycles. The lowest BCUT2D eigenvalue weighted by atomic mass is 10.2. The molecule has 0 unspecified atom stereocenters. The number of phenolic OH excluding ortho intramolecular Hbond substituents is 1. The Hall–Kier alpha value is -2.12. The van der Waals surface area contributed by atoms with Crippen LogP contribution in [-0.4, -0.2) is 13.5 Å². The molecule has 112 valence electrons. The monoisotopic (exact) mass is 310 g/mol. The molecule has 0 bridgehead atoms. The minimum atomic E-state index is -3.54. The molecule has 0 aliphatic carbocycles. The van der Waals surface area contributed by atoms with Gasteiger partial charge < -0.3 is 10.4 Å². The third-order valence-electron chi connectivity index (χ3n) is 2.83. The highest BCUT2D eigenvalue weighted by molar-refractivity contribution is 7.88. The molecule has 0 spiro atoms. The van der Waals surface area contributed by atoms with Crippen molar-refractivity contribution >= 4 is 15.7 Å². The normalized spacial score (nSPS) is 11.3. The number of hydrogen-bond acceptors (Lipinski definition) is 4. The van der Waals surface area contributed by atoms with Crippen LogP contribution >= 0.6 is 0 Å². The predicted octanol–water partition coefficient (Wildman–Crippen LogP) is 1.93. The number of primary sulfonamides is 1. The quantitative estimate of drug-likeness (QED) is 0.787. The Bertz CT molecular complexity index is 730. The van der Waals surface area contributed by atoms with Crippen molar-refractivity contribution in [3.63, 3.8) is 0 Å². The molecule has 0 saturated heterocycles. The molecule has 2 aromatic rings. The number of benzene rings is 2. The van der Waals surface area contributed by atoms with Crippen molar-refractivity contribution in [2.45, 2.75) is 12.3 Å². The summed E-state index contributed by atoms with van der Waals surface area (Å²) in [5.74, 6) is -1.26. The summed E-state index contributed by atoms with van der Waals surface area (Å²) in [4.78, 5) is 0. The van der Waals surface area contributed by atoms with Crippen LogP contribution < -0.4 is 10.5 Å². The summed E-state index contributed by atoms with van der Waals surface area (Å²) in [6.07, 6.45) is 0. The molecule has 0 aromatic heterocycles. The van der Waals surface area contributed by atoms with Gasteiger partial charge in [-0.3, -0.25) is 0 Å². The zero-order valence-corrected chi connectivity index (χ0v) is 11.9. The van der Waals surface area contributed by atoms with E-state index in [2.05, 4.69) is 5.32 Å².